The van der Waals surface area contributed by atoms with Crippen molar-refractivity contribution in [1.29, 1.82) is 0 Å². The second-order valence-electron chi connectivity index (χ2n) is 5.38. The van der Waals surface area contributed by atoms with Gasteiger partial charge >= 0.3 is 5.97 Å². The number of nitrogens with zero attached hydrogens (tertiary/aromatic N) is 1. The van der Waals surface area contributed by atoms with Crippen molar-refractivity contribution in [3.05, 3.63) is 54.6 Å². The molecule has 1 unspecified atom stereocenters. The van der Waals surface area contributed by atoms with Gasteiger partial charge in [-0.1, -0.05) is 18.2 Å². The predicted octanol–water partition coefficient (Wildman–Crippen LogP) is 2.41. The van der Waals surface area contributed by atoms with Gasteiger partial charge in [-0.15, -0.1) is 0 Å². The molecular formula is C17H17NO5S. The van der Waals surface area contributed by atoms with Gasteiger partial charge in [-0.05, 0) is 36.4 Å². The van der Waals surface area contributed by atoms with Gasteiger partial charge in [-0.2, -0.15) is 4.31 Å². The van der Waals surface area contributed by atoms with Gasteiger partial charge in [0.05, 0.1) is 11.5 Å². The van der Waals surface area contributed by atoms with Crippen molar-refractivity contribution in [2.75, 3.05) is 13.7 Å². The highest BCUT2D eigenvalue weighted by atomic mass is 32.2. The molecule has 2 aromatic rings. The second-order valence-corrected chi connectivity index (χ2v) is 7.38. The van der Waals surface area contributed by atoms with Crippen LogP contribution in [0.15, 0.2) is 59.5 Å². The van der Waals surface area contributed by atoms with Crippen LogP contribution in [-0.4, -0.2) is 38.4 Å². The predicted molar refractivity (Wildman–Crippen MR) is 87.3 cm³/mol. The third-order valence-corrected chi connectivity index (χ3v) is 5.71. The Balaban J connectivity index is 1.78. The van der Waals surface area contributed by atoms with Crippen LogP contribution in [0, 0.1) is 0 Å². The Bertz CT molecular complexity index is 818. The SMILES string of the molecule is CN(C1CCOC1=O)S(=O)(=O)c1ccc(Oc2ccccc2)cc1. The summed E-state index contributed by atoms with van der Waals surface area (Å²) in [6, 6.07) is 14.5. The van der Waals surface area contributed by atoms with E-state index in [4.69, 9.17) is 9.47 Å². The van der Waals surface area contributed by atoms with Crippen molar-refractivity contribution in [3.63, 3.8) is 0 Å². The molecule has 0 spiro atoms. The molecule has 7 heteroatoms. The fourth-order valence-corrected chi connectivity index (χ4v) is 3.79. The molecule has 0 radical (unpaired) electrons. The monoisotopic (exact) mass is 347 g/mol. The first-order valence-corrected chi connectivity index (χ1v) is 8.90. The van der Waals surface area contributed by atoms with E-state index in [2.05, 4.69) is 0 Å². The minimum absolute atomic E-state index is 0.102. The average molecular weight is 347 g/mol. The molecule has 1 saturated heterocycles. The normalized spacial score (nSPS) is 17.8. The molecule has 1 heterocycles. The van der Waals surface area contributed by atoms with Gasteiger partial charge in [0, 0.05) is 13.5 Å². The fourth-order valence-electron chi connectivity index (χ4n) is 2.45. The van der Waals surface area contributed by atoms with Crippen LogP contribution in [0.4, 0.5) is 0 Å². The highest BCUT2D eigenvalue weighted by molar-refractivity contribution is 7.89. The number of likely N-dealkylation sites (N-methyl/N-ethyl adjacent to an activating group) is 1. The molecule has 24 heavy (non-hydrogen) atoms. The lowest BCUT2D eigenvalue weighted by Crippen LogP contribution is -2.39. The van der Waals surface area contributed by atoms with Crippen LogP contribution in [0.1, 0.15) is 6.42 Å². The zero-order valence-electron chi connectivity index (χ0n) is 13.1. The van der Waals surface area contributed by atoms with Crippen molar-refractivity contribution in [2.24, 2.45) is 0 Å². The summed E-state index contributed by atoms with van der Waals surface area (Å²) >= 11 is 0. The highest BCUT2D eigenvalue weighted by Crippen LogP contribution is 2.25. The number of hydrogen-bond donors (Lipinski definition) is 0. The van der Waals surface area contributed by atoms with E-state index >= 15 is 0 Å². The molecule has 126 valence electrons. The van der Waals surface area contributed by atoms with Gasteiger partial charge < -0.3 is 9.47 Å². The number of para-hydroxylation sites is 1. The zero-order valence-corrected chi connectivity index (χ0v) is 13.9. The Morgan fingerprint density at radius 1 is 1.04 bits per heavy atom. The van der Waals surface area contributed by atoms with E-state index < -0.39 is 22.0 Å². The maximum absolute atomic E-state index is 12.6. The first-order valence-electron chi connectivity index (χ1n) is 7.46. The lowest BCUT2D eigenvalue weighted by molar-refractivity contribution is -0.140. The number of hydrogen-bond acceptors (Lipinski definition) is 5. The van der Waals surface area contributed by atoms with Gasteiger partial charge in [-0.3, -0.25) is 4.79 Å². The second kappa shape index (κ2) is 6.62. The Morgan fingerprint density at radius 3 is 2.25 bits per heavy atom. The van der Waals surface area contributed by atoms with Crippen molar-refractivity contribution in [3.8, 4) is 11.5 Å². The molecule has 0 aromatic heterocycles. The summed E-state index contributed by atoms with van der Waals surface area (Å²) in [4.78, 5) is 11.7. The average Bonchev–Trinajstić information content (AvgIpc) is 3.01. The largest absolute Gasteiger partial charge is 0.464 e. The molecular weight excluding hydrogens is 330 g/mol. The van der Waals surface area contributed by atoms with Gasteiger partial charge in [0.15, 0.2) is 0 Å². The zero-order chi connectivity index (χ0) is 17.2. The van der Waals surface area contributed by atoms with Gasteiger partial charge in [0.2, 0.25) is 10.0 Å². The molecule has 1 aliphatic rings. The molecule has 1 aliphatic heterocycles. The third kappa shape index (κ3) is 3.27. The minimum atomic E-state index is -3.77. The molecule has 3 rings (SSSR count). The molecule has 0 bridgehead atoms. The van der Waals surface area contributed by atoms with Crippen LogP contribution in [0.25, 0.3) is 0 Å². The maximum atomic E-state index is 12.6. The smallest absolute Gasteiger partial charge is 0.324 e. The number of rotatable bonds is 5. The number of carbonyl (C=O) groups is 1. The fraction of sp³-hybridized carbons (Fsp3) is 0.235. The van der Waals surface area contributed by atoms with Crippen LogP contribution in [0.3, 0.4) is 0 Å². The van der Waals surface area contributed by atoms with E-state index in [-0.39, 0.29) is 11.5 Å². The van der Waals surface area contributed by atoms with Gasteiger partial charge in [-0.25, -0.2) is 8.42 Å². The summed E-state index contributed by atoms with van der Waals surface area (Å²) in [5, 5.41) is 0. The van der Waals surface area contributed by atoms with Crippen molar-refractivity contribution in [2.45, 2.75) is 17.4 Å². The number of esters is 1. The van der Waals surface area contributed by atoms with E-state index in [1.165, 1.54) is 19.2 Å². The topological polar surface area (TPSA) is 72.9 Å². The van der Waals surface area contributed by atoms with Crippen LogP contribution in [0.5, 0.6) is 11.5 Å². The molecule has 2 aromatic carbocycles. The minimum Gasteiger partial charge on any atom is -0.464 e. The Kier molecular flexibility index (Phi) is 4.55. The van der Waals surface area contributed by atoms with E-state index in [9.17, 15) is 13.2 Å². The van der Waals surface area contributed by atoms with Crippen molar-refractivity contribution in [1.82, 2.24) is 4.31 Å². The maximum Gasteiger partial charge on any atom is 0.324 e. The summed E-state index contributed by atoms with van der Waals surface area (Å²) in [6.07, 6.45) is 0.365. The number of ether oxygens (including phenoxy) is 2. The Morgan fingerprint density at radius 2 is 1.67 bits per heavy atom. The van der Waals surface area contributed by atoms with Crippen LogP contribution >= 0.6 is 0 Å². The van der Waals surface area contributed by atoms with E-state index in [1.54, 1.807) is 12.1 Å². The van der Waals surface area contributed by atoms with Crippen LogP contribution in [-0.2, 0) is 19.6 Å². The summed E-state index contributed by atoms with van der Waals surface area (Å²) in [6.45, 7) is 0.243. The lowest BCUT2D eigenvalue weighted by Gasteiger charge is -2.21. The Hall–Kier alpha value is -2.38. The third-order valence-electron chi connectivity index (χ3n) is 3.83. The number of carbonyl (C=O) groups excluding carboxylic acids is 1. The molecule has 1 fully saturated rings. The molecule has 6 nitrogen and oxygen atoms in total. The number of benzene rings is 2. The Labute approximate surface area is 140 Å². The molecule has 0 N–H and O–H groups in total. The molecule has 0 amide bonds. The van der Waals surface area contributed by atoms with Crippen molar-refractivity contribution < 1.29 is 22.7 Å². The number of cyclic esters (lactones) is 1. The van der Waals surface area contributed by atoms with E-state index in [0.29, 0.717) is 17.9 Å². The van der Waals surface area contributed by atoms with Crippen LogP contribution < -0.4 is 4.74 Å². The summed E-state index contributed by atoms with van der Waals surface area (Å²) in [5.74, 6) is 0.687. The molecule has 0 aliphatic carbocycles. The summed E-state index contributed by atoms with van der Waals surface area (Å²) < 4.78 is 36.8. The van der Waals surface area contributed by atoms with Gasteiger partial charge in [0.25, 0.3) is 0 Å². The van der Waals surface area contributed by atoms with E-state index in [0.717, 1.165) is 4.31 Å². The van der Waals surface area contributed by atoms with E-state index in [1.807, 2.05) is 30.3 Å². The highest BCUT2D eigenvalue weighted by Gasteiger charge is 2.37. The first kappa shape index (κ1) is 16.5. The molecule has 1 atom stereocenters. The quantitative estimate of drug-likeness (QED) is 0.777. The standard InChI is InChI=1S/C17H17NO5S/c1-18(16-11-12-22-17(16)19)24(20,21)15-9-7-14(8-10-15)23-13-5-3-2-4-6-13/h2-10,16H,11-12H2,1H3. The van der Waals surface area contributed by atoms with Crippen molar-refractivity contribution >= 4 is 16.0 Å². The first-order chi connectivity index (χ1) is 11.5. The lowest BCUT2D eigenvalue weighted by atomic mass is 10.3. The molecule has 0 saturated carbocycles. The summed E-state index contributed by atoms with van der Waals surface area (Å²) in [7, 11) is -2.38. The number of sulfonamides is 1. The van der Waals surface area contributed by atoms with Crippen LogP contribution in [0.2, 0.25) is 0 Å². The summed E-state index contributed by atoms with van der Waals surface area (Å²) in [5.41, 5.74) is 0. The van der Waals surface area contributed by atoms with Gasteiger partial charge in [0.1, 0.15) is 17.5 Å².